The zero-order chi connectivity index (χ0) is 19.3. The number of likely N-dealkylation sites (tertiary alicyclic amines) is 1. The smallest absolute Gasteiger partial charge is 0.245 e. The third-order valence-electron chi connectivity index (χ3n) is 4.48. The molecule has 0 saturated carbocycles. The maximum absolute atomic E-state index is 12.9. The molecule has 2 heterocycles. The highest BCUT2D eigenvalue weighted by molar-refractivity contribution is 7.96. The van der Waals surface area contributed by atoms with Gasteiger partial charge >= 0.3 is 0 Å². The van der Waals surface area contributed by atoms with Crippen LogP contribution in [-0.2, 0) is 19.2 Å². The molecule has 2 aliphatic rings. The van der Waals surface area contributed by atoms with E-state index < -0.39 is 29.9 Å². The van der Waals surface area contributed by atoms with Crippen LogP contribution in [0, 0.1) is 5.41 Å². The molecule has 2 saturated heterocycles. The van der Waals surface area contributed by atoms with E-state index >= 15 is 0 Å². The molecule has 0 unspecified atom stereocenters. The Hall–Kier alpha value is -2.30. The van der Waals surface area contributed by atoms with Crippen LogP contribution in [0.1, 0.15) is 32.1 Å². The number of amides is 4. The van der Waals surface area contributed by atoms with Gasteiger partial charge in [-0.05, 0) is 25.7 Å². The van der Waals surface area contributed by atoms with Crippen molar-refractivity contribution in [2.45, 2.75) is 50.2 Å². The fourth-order valence-corrected chi connectivity index (χ4v) is 3.20. The second-order valence-electron chi connectivity index (χ2n) is 6.40. The number of rotatable bonds is 8. The molecule has 11 heteroatoms. The molecule has 144 valence electrons. The second kappa shape index (κ2) is 8.88. The minimum absolute atomic E-state index is 0.0161. The first-order valence-corrected chi connectivity index (χ1v) is 8.95. The molecule has 0 spiro atoms. The molecule has 10 nitrogen and oxygen atoms in total. The predicted octanol–water partition coefficient (Wildman–Crippen LogP) is -1.93. The van der Waals surface area contributed by atoms with Gasteiger partial charge in [0.1, 0.15) is 18.1 Å². The van der Waals surface area contributed by atoms with Crippen molar-refractivity contribution in [2.24, 2.45) is 5.73 Å². The van der Waals surface area contributed by atoms with Gasteiger partial charge in [0.05, 0.1) is 6.42 Å². The molecule has 0 aromatic rings. The molecule has 0 aliphatic carbocycles. The van der Waals surface area contributed by atoms with Crippen LogP contribution in [0.4, 0.5) is 0 Å². The number of β-lactam (4-membered cyclic amide) rings is 1. The SMILES string of the molecule is N=C(S)NCCC[C@H](NC(=O)[C@@H]1CC(=O)N1)C(=O)N1CCC[C@H]1C(N)=O. The zero-order valence-corrected chi connectivity index (χ0v) is 15.2. The number of hydrogen-bond acceptors (Lipinski definition) is 5. The van der Waals surface area contributed by atoms with Gasteiger partial charge in [-0.3, -0.25) is 24.6 Å². The normalized spacial score (nSPS) is 22.8. The van der Waals surface area contributed by atoms with E-state index in [1.165, 1.54) is 4.90 Å². The Morgan fingerprint density at radius 2 is 2.12 bits per heavy atom. The van der Waals surface area contributed by atoms with Gasteiger partial charge < -0.3 is 26.6 Å². The van der Waals surface area contributed by atoms with E-state index in [0.29, 0.717) is 38.8 Å². The molecule has 2 aliphatic heterocycles. The van der Waals surface area contributed by atoms with Crippen LogP contribution >= 0.6 is 12.6 Å². The lowest BCUT2D eigenvalue weighted by Crippen LogP contribution is -2.60. The van der Waals surface area contributed by atoms with Crippen LogP contribution in [0.5, 0.6) is 0 Å². The van der Waals surface area contributed by atoms with E-state index in [0.717, 1.165) is 0 Å². The number of primary amides is 1. The Kier molecular flexibility index (Phi) is 6.83. The molecule has 0 aromatic carbocycles. The average Bonchev–Trinajstić information content (AvgIpc) is 3.03. The summed E-state index contributed by atoms with van der Waals surface area (Å²) in [5.74, 6) is -1.55. The third-order valence-corrected chi connectivity index (χ3v) is 4.64. The summed E-state index contributed by atoms with van der Waals surface area (Å²) < 4.78 is 0. The molecule has 6 N–H and O–H groups in total. The van der Waals surface area contributed by atoms with Crippen LogP contribution in [-0.4, -0.2) is 64.9 Å². The molecule has 4 amide bonds. The van der Waals surface area contributed by atoms with Crippen LogP contribution in [0.25, 0.3) is 0 Å². The maximum Gasteiger partial charge on any atom is 0.245 e. The Morgan fingerprint density at radius 1 is 1.42 bits per heavy atom. The Labute approximate surface area is 156 Å². The summed E-state index contributed by atoms with van der Waals surface area (Å²) in [7, 11) is 0. The quantitative estimate of drug-likeness (QED) is 0.0944. The molecule has 26 heavy (non-hydrogen) atoms. The van der Waals surface area contributed by atoms with Gasteiger partial charge in [-0.2, -0.15) is 0 Å². The minimum atomic E-state index is -0.823. The first kappa shape index (κ1) is 20.0. The minimum Gasteiger partial charge on any atom is -0.368 e. The van der Waals surface area contributed by atoms with Crippen LogP contribution < -0.4 is 21.7 Å². The van der Waals surface area contributed by atoms with Gasteiger partial charge in [-0.1, -0.05) is 0 Å². The summed E-state index contributed by atoms with van der Waals surface area (Å²) in [5.41, 5.74) is 5.37. The van der Waals surface area contributed by atoms with Crippen molar-refractivity contribution in [1.29, 1.82) is 5.41 Å². The standard InChI is InChI=1S/C15H24N6O4S/c16-12(23)10-4-2-6-21(10)14(25)8(3-1-5-18-15(17)26)20-13(24)9-7-11(22)19-9/h8-10H,1-7H2,(H2,16,23)(H,19,22)(H,20,24)(H3,17,18,26)/t8-,9-,10-/m0/s1. The summed E-state index contributed by atoms with van der Waals surface area (Å²) in [6, 6.07) is -2.11. The van der Waals surface area contributed by atoms with Crippen molar-refractivity contribution in [2.75, 3.05) is 13.1 Å². The van der Waals surface area contributed by atoms with Gasteiger partial charge in [0.15, 0.2) is 5.17 Å². The molecule has 0 radical (unpaired) electrons. The van der Waals surface area contributed by atoms with Crippen molar-refractivity contribution in [3.63, 3.8) is 0 Å². The van der Waals surface area contributed by atoms with Crippen molar-refractivity contribution in [3.05, 3.63) is 0 Å². The first-order valence-electron chi connectivity index (χ1n) is 8.50. The molecule has 2 rings (SSSR count). The summed E-state index contributed by atoms with van der Waals surface area (Å²) in [4.78, 5) is 49.0. The first-order chi connectivity index (χ1) is 12.3. The molecular weight excluding hydrogens is 360 g/mol. The van der Waals surface area contributed by atoms with Crippen molar-refractivity contribution in [3.8, 4) is 0 Å². The topological polar surface area (TPSA) is 157 Å². The fraction of sp³-hybridized carbons (Fsp3) is 0.667. The third kappa shape index (κ3) is 5.10. The van der Waals surface area contributed by atoms with Crippen LogP contribution in [0.15, 0.2) is 0 Å². The summed E-state index contributed by atoms with van der Waals surface area (Å²) in [6.45, 7) is 0.833. The number of nitrogens with two attached hydrogens (primary N) is 1. The van der Waals surface area contributed by atoms with Gasteiger partial charge in [-0.25, -0.2) is 0 Å². The monoisotopic (exact) mass is 384 g/mol. The van der Waals surface area contributed by atoms with Gasteiger partial charge in [0, 0.05) is 13.1 Å². The average molecular weight is 384 g/mol. The van der Waals surface area contributed by atoms with E-state index in [1.54, 1.807) is 0 Å². The van der Waals surface area contributed by atoms with Crippen LogP contribution in [0.2, 0.25) is 0 Å². The highest BCUT2D eigenvalue weighted by Crippen LogP contribution is 2.19. The highest BCUT2D eigenvalue weighted by Gasteiger charge is 2.38. The lowest BCUT2D eigenvalue weighted by Gasteiger charge is -2.31. The molecule has 3 atom stereocenters. The predicted molar refractivity (Wildman–Crippen MR) is 96.4 cm³/mol. The number of carbonyl (C=O) groups excluding carboxylic acids is 4. The zero-order valence-electron chi connectivity index (χ0n) is 14.3. The van der Waals surface area contributed by atoms with Gasteiger partial charge in [-0.15, -0.1) is 12.6 Å². The van der Waals surface area contributed by atoms with Crippen molar-refractivity contribution < 1.29 is 19.2 Å². The fourth-order valence-electron chi connectivity index (χ4n) is 3.09. The van der Waals surface area contributed by atoms with Gasteiger partial charge in [0.2, 0.25) is 23.6 Å². The second-order valence-corrected chi connectivity index (χ2v) is 6.84. The number of carbonyl (C=O) groups is 4. The van der Waals surface area contributed by atoms with E-state index in [-0.39, 0.29) is 23.4 Å². The largest absolute Gasteiger partial charge is 0.368 e. The molecule has 0 bridgehead atoms. The summed E-state index contributed by atoms with van der Waals surface area (Å²) >= 11 is 3.82. The van der Waals surface area contributed by atoms with Gasteiger partial charge in [0.25, 0.3) is 0 Å². The number of nitrogens with zero attached hydrogens (tertiary/aromatic N) is 1. The lowest BCUT2D eigenvalue weighted by molar-refractivity contribution is -0.142. The van der Waals surface area contributed by atoms with Crippen LogP contribution in [0.3, 0.4) is 0 Å². The maximum atomic E-state index is 12.9. The number of hydrogen-bond donors (Lipinski definition) is 6. The number of thiol groups is 1. The van der Waals surface area contributed by atoms with E-state index in [4.69, 9.17) is 11.1 Å². The Morgan fingerprint density at radius 3 is 2.69 bits per heavy atom. The molecular formula is C15H24N6O4S. The van der Waals surface area contributed by atoms with Crippen molar-refractivity contribution in [1.82, 2.24) is 20.9 Å². The number of amidine groups is 1. The Balaban J connectivity index is 1.99. The summed E-state index contributed by atoms with van der Waals surface area (Å²) in [6.07, 6.45) is 2.11. The highest BCUT2D eigenvalue weighted by atomic mass is 32.1. The summed E-state index contributed by atoms with van der Waals surface area (Å²) in [5, 5.41) is 15.1. The number of nitrogens with one attached hydrogen (secondary N) is 4. The Bertz CT molecular complexity index is 605. The van der Waals surface area contributed by atoms with E-state index in [1.807, 2.05) is 0 Å². The molecule has 0 aromatic heterocycles. The van der Waals surface area contributed by atoms with Crippen molar-refractivity contribution >= 4 is 41.4 Å². The van der Waals surface area contributed by atoms with E-state index in [2.05, 4.69) is 28.6 Å². The van der Waals surface area contributed by atoms with E-state index in [9.17, 15) is 19.2 Å². The molecule has 2 fully saturated rings. The lowest BCUT2D eigenvalue weighted by atomic mass is 10.0.